The number of Topliss-reactive ketones (excluding diaryl/α,β-unsaturated/α-hetero) is 1. The predicted molar refractivity (Wildman–Crippen MR) is 84.5 cm³/mol. The van der Waals surface area contributed by atoms with Crippen LogP contribution in [0.4, 0.5) is 0 Å². The van der Waals surface area contributed by atoms with E-state index in [1.807, 2.05) is 29.2 Å². The number of likely N-dealkylation sites (tertiary alicyclic amines) is 1. The van der Waals surface area contributed by atoms with Crippen molar-refractivity contribution in [3.05, 3.63) is 35.4 Å². The van der Waals surface area contributed by atoms with E-state index < -0.39 is 0 Å². The largest absolute Gasteiger partial charge is 0.335 e. The molecule has 1 fully saturated rings. The Morgan fingerprint density at radius 3 is 2.52 bits per heavy atom. The lowest BCUT2D eigenvalue weighted by molar-refractivity contribution is -0.117. The molecule has 0 spiro atoms. The SMILES string of the molecule is CC(=O)CC1CCCN1C(=O)c1ccccc1C(C)(C)C. The van der Waals surface area contributed by atoms with Gasteiger partial charge < -0.3 is 4.90 Å². The molecule has 1 aliphatic rings. The summed E-state index contributed by atoms with van der Waals surface area (Å²) in [5, 5.41) is 0. The smallest absolute Gasteiger partial charge is 0.254 e. The van der Waals surface area contributed by atoms with E-state index >= 15 is 0 Å². The van der Waals surface area contributed by atoms with Crippen molar-refractivity contribution >= 4 is 11.7 Å². The number of hydrogen-bond acceptors (Lipinski definition) is 2. The molecule has 1 aromatic rings. The highest BCUT2D eigenvalue weighted by Crippen LogP contribution is 2.29. The molecule has 1 heterocycles. The molecule has 0 saturated carbocycles. The van der Waals surface area contributed by atoms with Gasteiger partial charge in [0.1, 0.15) is 5.78 Å². The first-order valence-corrected chi connectivity index (χ1v) is 7.70. The topological polar surface area (TPSA) is 37.4 Å². The summed E-state index contributed by atoms with van der Waals surface area (Å²) < 4.78 is 0. The maximum atomic E-state index is 12.9. The second-order valence-corrected chi connectivity index (χ2v) is 7.00. The average Bonchev–Trinajstić information content (AvgIpc) is 2.84. The molecule has 1 aliphatic heterocycles. The van der Waals surface area contributed by atoms with Gasteiger partial charge in [-0.15, -0.1) is 0 Å². The minimum absolute atomic E-state index is 0.0674. The van der Waals surface area contributed by atoms with Crippen LogP contribution in [-0.4, -0.2) is 29.2 Å². The zero-order valence-corrected chi connectivity index (χ0v) is 13.5. The quantitative estimate of drug-likeness (QED) is 0.852. The number of benzene rings is 1. The van der Waals surface area contributed by atoms with Gasteiger partial charge in [-0.3, -0.25) is 9.59 Å². The van der Waals surface area contributed by atoms with Crippen LogP contribution in [-0.2, 0) is 10.2 Å². The maximum Gasteiger partial charge on any atom is 0.254 e. The molecule has 3 heteroatoms. The normalized spacial score (nSPS) is 18.9. The van der Waals surface area contributed by atoms with E-state index in [2.05, 4.69) is 20.8 Å². The minimum atomic E-state index is -0.0674. The van der Waals surface area contributed by atoms with Crippen LogP contribution < -0.4 is 0 Å². The summed E-state index contributed by atoms with van der Waals surface area (Å²) in [4.78, 5) is 26.2. The van der Waals surface area contributed by atoms with E-state index in [9.17, 15) is 9.59 Å². The third kappa shape index (κ3) is 3.52. The zero-order valence-electron chi connectivity index (χ0n) is 13.5. The van der Waals surface area contributed by atoms with Crippen LogP contribution in [0.3, 0.4) is 0 Å². The Balaban J connectivity index is 2.30. The zero-order chi connectivity index (χ0) is 15.6. The van der Waals surface area contributed by atoms with Crippen LogP contribution in [0.15, 0.2) is 24.3 Å². The lowest BCUT2D eigenvalue weighted by Gasteiger charge is -2.28. The molecular weight excluding hydrogens is 262 g/mol. The Morgan fingerprint density at radius 2 is 1.90 bits per heavy atom. The molecule has 0 aliphatic carbocycles. The standard InChI is InChI=1S/C18H25NO2/c1-13(20)12-14-8-7-11-19(14)17(21)15-9-5-6-10-16(15)18(2,3)4/h5-6,9-10,14H,7-8,11-12H2,1-4H3. The Hall–Kier alpha value is -1.64. The van der Waals surface area contributed by atoms with Crippen molar-refractivity contribution in [2.45, 2.75) is 58.4 Å². The summed E-state index contributed by atoms with van der Waals surface area (Å²) in [5.74, 6) is 0.230. The Morgan fingerprint density at radius 1 is 1.24 bits per heavy atom. The van der Waals surface area contributed by atoms with Gasteiger partial charge in [-0.2, -0.15) is 0 Å². The lowest BCUT2D eigenvalue weighted by Crippen LogP contribution is -2.37. The molecule has 1 saturated heterocycles. The highest BCUT2D eigenvalue weighted by atomic mass is 16.2. The van der Waals surface area contributed by atoms with Crippen LogP contribution in [0.5, 0.6) is 0 Å². The number of hydrogen-bond donors (Lipinski definition) is 0. The average molecular weight is 287 g/mol. The first-order chi connectivity index (χ1) is 9.80. The number of amides is 1. The molecule has 0 aromatic heterocycles. The van der Waals surface area contributed by atoms with Gasteiger partial charge in [0.15, 0.2) is 0 Å². The van der Waals surface area contributed by atoms with E-state index in [0.717, 1.165) is 30.5 Å². The fraction of sp³-hybridized carbons (Fsp3) is 0.556. The minimum Gasteiger partial charge on any atom is -0.335 e. The van der Waals surface area contributed by atoms with Gasteiger partial charge in [0.2, 0.25) is 0 Å². The van der Waals surface area contributed by atoms with Gasteiger partial charge in [-0.25, -0.2) is 0 Å². The molecule has 2 rings (SSSR count). The van der Waals surface area contributed by atoms with E-state index in [1.54, 1.807) is 6.92 Å². The fourth-order valence-electron chi connectivity index (χ4n) is 3.13. The number of rotatable bonds is 3. The number of nitrogens with zero attached hydrogens (tertiary/aromatic N) is 1. The van der Waals surface area contributed by atoms with Crippen molar-refractivity contribution in [1.29, 1.82) is 0 Å². The molecule has 114 valence electrons. The van der Waals surface area contributed by atoms with Crippen molar-refractivity contribution in [3.8, 4) is 0 Å². The van der Waals surface area contributed by atoms with Crippen molar-refractivity contribution < 1.29 is 9.59 Å². The first kappa shape index (κ1) is 15.7. The molecule has 0 N–H and O–H groups in total. The van der Waals surface area contributed by atoms with Crippen molar-refractivity contribution in [2.24, 2.45) is 0 Å². The molecule has 3 nitrogen and oxygen atoms in total. The molecule has 1 unspecified atom stereocenters. The van der Waals surface area contributed by atoms with Gasteiger partial charge in [0.05, 0.1) is 0 Å². The number of carbonyl (C=O) groups excluding carboxylic acids is 2. The summed E-state index contributed by atoms with van der Waals surface area (Å²) >= 11 is 0. The highest BCUT2D eigenvalue weighted by Gasteiger charge is 2.32. The molecular formula is C18H25NO2. The van der Waals surface area contributed by atoms with Crippen molar-refractivity contribution in [3.63, 3.8) is 0 Å². The number of ketones is 1. The third-order valence-electron chi connectivity index (χ3n) is 4.13. The molecule has 21 heavy (non-hydrogen) atoms. The summed E-state index contributed by atoms with van der Waals surface area (Å²) in [6, 6.07) is 7.91. The van der Waals surface area contributed by atoms with Crippen LogP contribution in [0.25, 0.3) is 0 Å². The Bertz CT molecular complexity index is 542. The van der Waals surface area contributed by atoms with Crippen LogP contribution in [0.1, 0.15) is 62.9 Å². The monoisotopic (exact) mass is 287 g/mol. The van der Waals surface area contributed by atoms with Crippen LogP contribution in [0, 0.1) is 0 Å². The second kappa shape index (κ2) is 6.00. The molecule has 0 bridgehead atoms. The van der Waals surface area contributed by atoms with E-state index in [1.165, 1.54) is 0 Å². The molecule has 0 radical (unpaired) electrons. The van der Waals surface area contributed by atoms with E-state index in [0.29, 0.717) is 6.42 Å². The Labute approximate surface area is 127 Å². The van der Waals surface area contributed by atoms with Crippen molar-refractivity contribution in [2.75, 3.05) is 6.54 Å². The molecule has 1 atom stereocenters. The number of carbonyl (C=O) groups is 2. The Kier molecular flexibility index (Phi) is 4.50. The lowest BCUT2D eigenvalue weighted by atomic mass is 9.83. The highest BCUT2D eigenvalue weighted by molar-refractivity contribution is 5.96. The van der Waals surface area contributed by atoms with Gasteiger partial charge >= 0.3 is 0 Å². The van der Waals surface area contributed by atoms with Crippen molar-refractivity contribution in [1.82, 2.24) is 4.90 Å². The van der Waals surface area contributed by atoms with Crippen LogP contribution >= 0.6 is 0 Å². The van der Waals surface area contributed by atoms with Gasteiger partial charge in [-0.1, -0.05) is 39.0 Å². The fourth-order valence-corrected chi connectivity index (χ4v) is 3.13. The molecule has 1 aromatic carbocycles. The summed E-state index contributed by atoms with van der Waals surface area (Å²) in [5.41, 5.74) is 1.78. The first-order valence-electron chi connectivity index (χ1n) is 7.70. The predicted octanol–water partition coefficient (Wildman–Crippen LogP) is 3.57. The molecule has 1 amide bonds. The van der Waals surface area contributed by atoms with Gasteiger partial charge in [-0.05, 0) is 36.8 Å². The van der Waals surface area contributed by atoms with E-state index in [4.69, 9.17) is 0 Å². The van der Waals surface area contributed by atoms with Crippen LogP contribution in [0.2, 0.25) is 0 Å². The summed E-state index contributed by atoms with van der Waals surface area (Å²) in [6.45, 7) is 8.72. The third-order valence-corrected chi connectivity index (χ3v) is 4.13. The summed E-state index contributed by atoms with van der Waals surface area (Å²) in [6.07, 6.45) is 2.40. The maximum absolute atomic E-state index is 12.9. The summed E-state index contributed by atoms with van der Waals surface area (Å²) in [7, 11) is 0. The second-order valence-electron chi connectivity index (χ2n) is 7.00. The van der Waals surface area contributed by atoms with E-state index in [-0.39, 0.29) is 23.1 Å². The van der Waals surface area contributed by atoms with Gasteiger partial charge in [0, 0.05) is 24.6 Å². The van der Waals surface area contributed by atoms with Gasteiger partial charge in [0.25, 0.3) is 5.91 Å².